The summed E-state index contributed by atoms with van der Waals surface area (Å²) in [7, 11) is 0. The van der Waals surface area contributed by atoms with Crippen molar-refractivity contribution in [3.8, 4) is 0 Å². The Hall–Kier alpha value is -3.90. The zero-order valence-electron chi connectivity index (χ0n) is 19.5. The number of rotatable bonds is 2. The van der Waals surface area contributed by atoms with Gasteiger partial charge in [-0.15, -0.1) is 0 Å². The van der Waals surface area contributed by atoms with E-state index in [-0.39, 0.29) is 0 Å². The molecule has 8 aromatic carbocycles. The summed E-state index contributed by atoms with van der Waals surface area (Å²) >= 11 is 0. The fourth-order valence-corrected chi connectivity index (χ4v) is 7.07. The molecular formula is C34H24. The van der Waals surface area contributed by atoms with E-state index in [1.54, 1.807) is 0 Å². The summed E-state index contributed by atoms with van der Waals surface area (Å²) in [6.07, 6.45) is 2.05. The first-order valence-electron chi connectivity index (χ1n) is 12.5. The normalized spacial score (nSPS) is 12.6. The molecular weight excluding hydrogens is 408 g/mol. The molecule has 160 valence electrons. The molecule has 0 bridgehead atoms. The van der Waals surface area contributed by atoms with E-state index in [9.17, 15) is 0 Å². The maximum Gasteiger partial charge on any atom is -0.00198 e. The van der Waals surface area contributed by atoms with E-state index in [1.807, 2.05) is 0 Å². The van der Waals surface area contributed by atoms with Crippen molar-refractivity contribution in [2.24, 2.45) is 0 Å². The summed E-state index contributed by atoms with van der Waals surface area (Å²) in [6.45, 7) is 4.67. The van der Waals surface area contributed by atoms with Crippen LogP contribution in [0.15, 0.2) is 84.9 Å². The van der Waals surface area contributed by atoms with Crippen LogP contribution in [0.25, 0.3) is 75.4 Å². The number of hydrogen-bond donors (Lipinski definition) is 0. The molecule has 0 heteroatoms. The van der Waals surface area contributed by atoms with Crippen LogP contribution in [0.1, 0.15) is 25.0 Å². The van der Waals surface area contributed by atoms with Crippen molar-refractivity contribution in [2.75, 3.05) is 0 Å². The van der Waals surface area contributed by atoms with Crippen LogP contribution in [0, 0.1) is 0 Å². The van der Waals surface area contributed by atoms with Gasteiger partial charge in [0.2, 0.25) is 0 Å². The highest BCUT2D eigenvalue weighted by Gasteiger charge is 2.23. The second-order valence-electron chi connectivity index (χ2n) is 9.74. The summed E-state index contributed by atoms with van der Waals surface area (Å²) in [5.41, 5.74) is 3.00. The highest BCUT2D eigenvalue weighted by molar-refractivity contribution is 6.39. The van der Waals surface area contributed by atoms with Gasteiger partial charge in [0, 0.05) is 0 Å². The van der Waals surface area contributed by atoms with E-state index in [0.717, 1.165) is 12.8 Å². The molecule has 0 aliphatic heterocycles. The van der Waals surface area contributed by atoms with Crippen molar-refractivity contribution in [1.29, 1.82) is 0 Å². The highest BCUT2D eigenvalue weighted by atomic mass is 14.3. The Balaban J connectivity index is 1.77. The molecule has 0 heterocycles. The summed E-state index contributed by atoms with van der Waals surface area (Å²) in [5, 5.41) is 19.9. The van der Waals surface area contributed by atoms with Crippen molar-refractivity contribution in [3.63, 3.8) is 0 Å². The minimum atomic E-state index is 1.03. The minimum absolute atomic E-state index is 1.03. The van der Waals surface area contributed by atoms with Crippen molar-refractivity contribution in [3.05, 3.63) is 96.1 Å². The third-order valence-corrected chi connectivity index (χ3v) is 8.30. The van der Waals surface area contributed by atoms with Crippen molar-refractivity contribution >= 4 is 75.4 Å². The van der Waals surface area contributed by atoms with Crippen LogP contribution < -0.4 is 0 Å². The zero-order valence-corrected chi connectivity index (χ0v) is 19.5. The largest absolute Gasteiger partial charge is 0.0616 e. The molecule has 0 saturated carbocycles. The summed E-state index contributed by atoms with van der Waals surface area (Å²) < 4.78 is 0. The van der Waals surface area contributed by atoms with E-state index in [2.05, 4.69) is 98.8 Å². The summed E-state index contributed by atoms with van der Waals surface area (Å²) in [4.78, 5) is 0. The Labute approximate surface area is 198 Å². The lowest BCUT2D eigenvalue weighted by molar-refractivity contribution is 1.16. The molecule has 0 aromatic heterocycles. The molecule has 8 rings (SSSR count). The van der Waals surface area contributed by atoms with E-state index in [0.29, 0.717) is 0 Å². The van der Waals surface area contributed by atoms with Gasteiger partial charge in [-0.3, -0.25) is 0 Å². The van der Waals surface area contributed by atoms with Crippen LogP contribution in [0.5, 0.6) is 0 Å². The van der Waals surface area contributed by atoms with E-state index in [1.165, 1.54) is 86.5 Å². The molecule has 0 aliphatic rings. The van der Waals surface area contributed by atoms with Crippen LogP contribution in [0.2, 0.25) is 0 Å². The van der Waals surface area contributed by atoms with Gasteiger partial charge in [-0.05, 0) is 105 Å². The molecule has 0 radical (unpaired) electrons. The zero-order chi connectivity index (χ0) is 22.6. The predicted octanol–water partition coefficient (Wildman–Crippen LogP) is 9.76. The van der Waals surface area contributed by atoms with E-state index >= 15 is 0 Å². The Morgan fingerprint density at radius 1 is 0.382 bits per heavy atom. The maximum atomic E-state index is 2.52. The van der Waals surface area contributed by atoms with Crippen LogP contribution in [0.4, 0.5) is 0 Å². The SMILES string of the molecule is CCc1c2cc3c4ccccc4c4cccc(c2c(CC)c2c5cccc6cccc(c12)c65)c43. The maximum absolute atomic E-state index is 2.52. The van der Waals surface area contributed by atoms with Gasteiger partial charge in [-0.25, -0.2) is 0 Å². The minimum Gasteiger partial charge on any atom is -0.0616 e. The molecule has 0 unspecified atom stereocenters. The quantitative estimate of drug-likeness (QED) is 0.238. The highest BCUT2D eigenvalue weighted by Crippen LogP contribution is 2.49. The molecule has 0 fully saturated rings. The van der Waals surface area contributed by atoms with Gasteiger partial charge in [-0.1, -0.05) is 92.7 Å². The van der Waals surface area contributed by atoms with Gasteiger partial charge in [0.25, 0.3) is 0 Å². The van der Waals surface area contributed by atoms with Crippen LogP contribution in [-0.2, 0) is 12.8 Å². The molecule has 0 amide bonds. The first kappa shape index (κ1) is 18.5. The lowest BCUT2D eigenvalue weighted by Gasteiger charge is -2.17. The fraction of sp³-hybridized carbons (Fsp3) is 0.118. The third-order valence-electron chi connectivity index (χ3n) is 8.30. The summed E-state index contributed by atoms with van der Waals surface area (Å²) in [6, 6.07) is 32.1. The average molecular weight is 433 g/mol. The van der Waals surface area contributed by atoms with Crippen LogP contribution in [-0.4, -0.2) is 0 Å². The van der Waals surface area contributed by atoms with Crippen LogP contribution in [0.3, 0.4) is 0 Å². The Morgan fingerprint density at radius 2 is 0.912 bits per heavy atom. The lowest BCUT2D eigenvalue weighted by atomic mass is 9.86. The lowest BCUT2D eigenvalue weighted by Crippen LogP contribution is -1.94. The number of aryl methyl sites for hydroxylation is 2. The third kappa shape index (κ3) is 2.02. The Bertz CT molecular complexity index is 2070. The Morgan fingerprint density at radius 3 is 1.59 bits per heavy atom. The number of benzene rings is 6. The van der Waals surface area contributed by atoms with Gasteiger partial charge in [-0.2, -0.15) is 0 Å². The standard InChI is InChI=1S/C34H24/c1-3-20-28-18-29-23-13-6-5-12-22(23)24-14-9-17-27(32(24)29)31(28)21(4-2)34-26-16-8-11-19-10-7-15-25(30(19)26)33(20)34/h5-18H,3-4H2,1-2H3. The molecule has 0 saturated heterocycles. The van der Waals surface area contributed by atoms with Gasteiger partial charge >= 0.3 is 0 Å². The monoisotopic (exact) mass is 432 g/mol. The molecule has 0 spiro atoms. The predicted molar refractivity (Wildman–Crippen MR) is 150 cm³/mol. The first-order chi connectivity index (χ1) is 16.8. The van der Waals surface area contributed by atoms with E-state index in [4.69, 9.17) is 0 Å². The topological polar surface area (TPSA) is 0 Å². The van der Waals surface area contributed by atoms with Crippen molar-refractivity contribution in [1.82, 2.24) is 0 Å². The number of fused-ring (bicyclic) bond motifs is 8. The number of hydrogen-bond acceptors (Lipinski definition) is 0. The van der Waals surface area contributed by atoms with Gasteiger partial charge in [0.15, 0.2) is 0 Å². The summed E-state index contributed by atoms with van der Waals surface area (Å²) in [5.74, 6) is 0. The fourth-order valence-electron chi connectivity index (χ4n) is 7.07. The second kappa shape index (κ2) is 6.36. The molecule has 34 heavy (non-hydrogen) atoms. The Kier molecular flexibility index (Phi) is 3.46. The van der Waals surface area contributed by atoms with Gasteiger partial charge in [0.1, 0.15) is 0 Å². The molecule has 0 aliphatic carbocycles. The van der Waals surface area contributed by atoms with Crippen molar-refractivity contribution in [2.45, 2.75) is 26.7 Å². The molecule has 0 N–H and O–H groups in total. The van der Waals surface area contributed by atoms with Crippen molar-refractivity contribution < 1.29 is 0 Å². The van der Waals surface area contributed by atoms with Gasteiger partial charge < -0.3 is 0 Å². The van der Waals surface area contributed by atoms with Gasteiger partial charge in [0.05, 0.1) is 0 Å². The molecule has 0 atom stereocenters. The smallest absolute Gasteiger partial charge is 0.00198 e. The second-order valence-corrected chi connectivity index (χ2v) is 9.74. The van der Waals surface area contributed by atoms with E-state index < -0.39 is 0 Å². The average Bonchev–Trinajstić information content (AvgIpc) is 3.39. The first-order valence-corrected chi connectivity index (χ1v) is 12.5. The molecule has 0 nitrogen and oxygen atoms in total. The van der Waals surface area contributed by atoms with Crippen LogP contribution >= 0.6 is 0 Å². The molecule has 8 aromatic rings.